The van der Waals surface area contributed by atoms with Gasteiger partial charge in [0, 0.05) is 47.3 Å². The van der Waals surface area contributed by atoms with Crippen LogP contribution in [-0.2, 0) is 6.18 Å². The van der Waals surface area contributed by atoms with Gasteiger partial charge in [-0.2, -0.15) is 13.2 Å². The van der Waals surface area contributed by atoms with Gasteiger partial charge in [-0.15, -0.1) is 0 Å². The number of nitrogens with zero attached hydrogens (tertiary/aromatic N) is 5. The van der Waals surface area contributed by atoms with Gasteiger partial charge in [-0.25, -0.2) is 15.0 Å². The van der Waals surface area contributed by atoms with Crippen LogP contribution >= 0.6 is 0 Å². The summed E-state index contributed by atoms with van der Waals surface area (Å²) in [5.74, 6) is -0.0709. The molecule has 10 heteroatoms. The summed E-state index contributed by atoms with van der Waals surface area (Å²) in [6.45, 7) is 3.63. The van der Waals surface area contributed by atoms with Crippen LogP contribution in [0, 0.1) is 13.8 Å². The first kappa shape index (κ1) is 26.5. The average Bonchev–Trinajstić information content (AvgIpc) is 3.39. The minimum atomic E-state index is -4.59. The quantitative estimate of drug-likeness (QED) is 0.257. The van der Waals surface area contributed by atoms with Gasteiger partial charge in [0.05, 0.1) is 23.3 Å². The fraction of sp³-hybridized carbons (Fsp3) is 0.100. The molecule has 0 saturated carbocycles. The molecule has 0 bridgehead atoms. The van der Waals surface area contributed by atoms with Crippen LogP contribution in [-0.4, -0.2) is 30.4 Å². The van der Waals surface area contributed by atoms with Gasteiger partial charge in [-0.3, -0.25) is 9.78 Å². The maximum Gasteiger partial charge on any atom is 0.416 e. The molecule has 0 unspecified atom stereocenters. The van der Waals surface area contributed by atoms with E-state index >= 15 is 0 Å². The van der Waals surface area contributed by atoms with E-state index in [0.717, 1.165) is 34.5 Å². The molecule has 0 fully saturated rings. The number of carbonyl (C=O) groups excluding carboxylic acids is 1. The lowest BCUT2D eigenvalue weighted by Gasteiger charge is -2.14. The minimum Gasteiger partial charge on any atom is -0.322 e. The first-order valence-electron chi connectivity index (χ1n) is 12.2. The molecule has 0 spiro atoms. The number of anilines is 1. The summed E-state index contributed by atoms with van der Waals surface area (Å²) in [6.07, 6.45) is 7.01. The lowest BCUT2D eigenvalue weighted by molar-refractivity contribution is -0.137. The van der Waals surface area contributed by atoms with Crippen molar-refractivity contribution < 1.29 is 18.0 Å². The van der Waals surface area contributed by atoms with E-state index < -0.39 is 17.6 Å². The van der Waals surface area contributed by atoms with E-state index in [2.05, 4.69) is 25.3 Å². The van der Waals surface area contributed by atoms with Crippen LogP contribution in [0.25, 0.3) is 29.1 Å². The van der Waals surface area contributed by atoms with Crippen molar-refractivity contribution in [2.24, 2.45) is 0 Å². The lowest BCUT2D eigenvalue weighted by atomic mass is 10.0. The van der Waals surface area contributed by atoms with E-state index in [4.69, 9.17) is 0 Å². The number of imidazole rings is 1. The number of hydrogen-bond acceptors (Lipinski definition) is 5. The van der Waals surface area contributed by atoms with Crippen molar-refractivity contribution >= 4 is 23.7 Å². The standard InChI is InChI=1S/C30H23F3N6O/c1-19-5-6-22(12-21(19)7-8-28-35-11-9-27(38-28)23-4-3-10-34-16-23)29(40)37-25-13-24(30(31,32)33)14-26(15-25)39-17-20(2)36-18-39/h3-18H,1-2H3,(H,37,40)/b8-7+. The molecule has 5 rings (SSSR count). The Morgan fingerprint density at radius 3 is 2.55 bits per heavy atom. The predicted octanol–water partition coefficient (Wildman–Crippen LogP) is 6.78. The van der Waals surface area contributed by atoms with Gasteiger partial charge in [0.2, 0.25) is 0 Å². The number of hydrogen-bond donors (Lipinski definition) is 1. The third-order valence-electron chi connectivity index (χ3n) is 6.10. The summed E-state index contributed by atoms with van der Waals surface area (Å²) < 4.78 is 42.3. The number of alkyl halides is 3. The predicted molar refractivity (Wildman–Crippen MR) is 147 cm³/mol. The average molecular weight is 541 g/mol. The highest BCUT2D eigenvalue weighted by Crippen LogP contribution is 2.33. The van der Waals surface area contributed by atoms with Gasteiger partial charge in [-0.1, -0.05) is 12.1 Å². The largest absolute Gasteiger partial charge is 0.416 e. The summed E-state index contributed by atoms with van der Waals surface area (Å²) in [6, 6.07) is 14.0. The third kappa shape index (κ3) is 6.12. The van der Waals surface area contributed by atoms with E-state index in [-0.39, 0.29) is 16.9 Å². The molecule has 40 heavy (non-hydrogen) atoms. The first-order chi connectivity index (χ1) is 19.2. The molecule has 2 aromatic carbocycles. The second kappa shape index (κ2) is 10.9. The number of benzene rings is 2. The van der Waals surface area contributed by atoms with E-state index in [1.165, 1.54) is 17.0 Å². The van der Waals surface area contributed by atoms with Crippen molar-refractivity contribution in [3.63, 3.8) is 0 Å². The molecule has 1 amide bonds. The molecule has 0 atom stereocenters. The number of aryl methyl sites for hydroxylation is 2. The minimum absolute atomic E-state index is 0.0134. The van der Waals surface area contributed by atoms with Crippen molar-refractivity contribution in [2.45, 2.75) is 20.0 Å². The first-order valence-corrected chi connectivity index (χ1v) is 12.2. The number of aromatic nitrogens is 5. The zero-order valence-corrected chi connectivity index (χ0v) is 21.5. The van der Waals surface area contributed by atoms with Crippen molar-refractivity contribution in [3.8, 4) is 16.9 Å². The summed E-state index contributed by atoms with van der Waals surface area (Å²) in [5, 5.41) is 2.61. The molecule has 0 aliphatic heterocycles. The van der Waals surface area contributed by atoms with Gasteiger partial charge < -0.3 is 9.88 Å². The smallest absolute Gasteiger partial charge is 0.322 e. The van der Waals surface area contributed by atoms with Gasteiger partial charge >= 0.3 is 6.18 Å². The van der Waals surface area contributed by atoms with Crippen molar-refractivity contribution in [2.75, 3.05) is 5.32 Å². The zero-order valence-electron chi connectivity index (χ0n) is 21.5. The van der Waals surface area contributed by atoms with E-state index in [9.17, 15) is 18.0 Å². The molecule has 0 aliphatic carbocycles. The lowest BCUT2D eigenvalue weighted by Crippen LogP contribution is -2.14. The Balaban J connectivity index is 1.40. The SMILES string of the molecule is Cc1cn(-c2cc(NC(=O)c3ccc(C)c(/C=C/c4nccc(-c5cccnc5)n4)c3)cc(C(F)(F)F)c2)cn1. The van der Waals surface area contributed by atoms with Crippen LogP contribution in [0.5, 0.6) is 0 Å². The van der Waals surface area contributed by atoms with Gasteiger partial charge in [0.1, 0.15) is 0 Å². The fourth-order valence-electron chi connectivity index (χ4n) is 4.02. The molecular formula is C30H23F3N6O. The number of nitrogens with one attached hydrogen (secondary N) is 1. The molecule has 200 valence electrons. The Morgan fingerprint density at radius 2 is 1.82 bits per heavy atom. The Morgan fingerprint density at radius 1 is 0.975 bits per heavy atom. The number of amides is 1. The highest BCUT2D eigenvalue weighted by atomic mass is 19.4. The zero-order chi connectivity index (χ0) is 28.3. The number of rotatable bonds is 6. The van der Waals surface area contributed by atoms with Crippen LogP contribution in [0.3, 0.4) is 0 Å². The maximum absolute atomic E-state index is 13.6. The van der Waals surface area contributed by atoms with Gasteiger partial charge in [-0.05, 0) is 79.6 Å². The second-order valence-corrected chi connectivity index (χ2v) is 9.09. The normalized spacial score (nSPS) is 11.6. The summed E-state index contributed by atoms with van der Waals surface area (Å²) in [4.78, 5) is 30.1. The summed E-state index contributed by atoms with van der Waals surface area (Å²) >= 11 is 0. The summed E-state index contributed by atoms with van der Waals surface area (Å²) in [7, 11) is 0. The molecular weight excluding hydrogens is 517 g/mol. The topological polar surface area (TPSA) is 85.6 Å². The van der Waals surface area contributed by atoms with E-state index in [1.54, 1.807) is 68.1 Å². The molecule has 7 nitrogen and oxygen atoms in total. The second-order valence-electron chi connectivity index (χ2n) is 9.09. The van der Waals surface area contributed by atoms with Crippen molar-refractivity contribution in [3.05, 3.63) is 119 Å². The summed E-state index contributed by atoms with van der Waals surface area (Å²) in [5.41, 5.74) is 3.51. The third-order valence-corrected chi connectivity index (χ3v) is 6.10. The van der Waals surface area contributed by atoms with E-state index in [0.29, 0.717) is 11.5 Å². The van der Waals surface area contributed by atoms with Crippen molar-refractivity contribution in [1.29, 1.82) is 0 Å². The van der Waals surface area contributed by atoms with Crippen LogP contribution in [0.15, 0.2) is 85.7 Å². The molecule has 0 saturated heterocycles. The Hall–Kier alpha value is -5.12. The highest BCUT2D eigenvalue weighted by molar-refractivity contribution is 6.05. The van der Waals surface area contributed by atoms with Crippen molar-refractivity contribution in [1.82, 2.24) is 24.5 Å². The van der Waals surface area contributed by atoms with Gasteiger partial charge in [0.15, 0.2) is 5.82 Å². The van der Waals surface area contributed by atoms with Crippen LogP contribution in [0.2, 0.25) is 0 Å². The molecule has 0 aliphatic rings. The highest BCUT2D eigenvalue weighted by Gasteiger charge is 2.31. The maximum atomic E-state index is 13.6. The molecule has 5 aromatic rings. The molecule has 3 aromatic heterocycles. The Bertz CT molecular complexity index is 1710. The number of pyridine rings is 1. The number of carbonyl (C=O) groups is 1. The molecule has 3 heterocycles. The Labute approximate surface area is 228 Å². The fourth-order valence-corrected chi connectivity index (χ4v) is 4.02. The monoisotopic (exact) mass is 540 g/mol. The number of halogens is 3. The van der Waals surface area contributed by atoms with E-state index in [1.807, 2.05) is 19.1 Å². The molecule has 0 radical (unpaired) electrons. The Kier molecular flexibility index (Phi) is 7.24. The van der Waals surface area contributed by atoms with Gasteiger partial charge in [0.25, 0.3) is 5.91 Å². The van der Waals surface area contributed by atoms with Crippen LogP contribution in [0.1, 0.15) is 38.6 Å². The molecule has 1 N–H and O–H groups in total. The van der Waals surface area contributed by atoms with Crippen LogP contribution in [0.4, 0.5) is 18.9 Å². The van der Waals surface area contributed by atoms with Crippen LogP contribution < -0.4 is 5.32 Å².